The first-order valence-corrected chi connectivity index (χ1v) is 8.91. The van der Waals surface area contributed by atoms with E-state index < -0.39 is 0 Å². The molecule has 0 saturated heterocycles. The topological polar surface area (TPSA) is 97.8 Å². The Bertz CT molecular complexity index is 1060. The standard InChI is InChI=1S/C19H19ClN6O2/c1-12-13(10-22-25(12)2)4-7-18(27)24-19-14(9-21)11-23-26(19)15-5-6-17(28-3)16(20)8-15/h5-6,8,10-11H,4,7H2,1-3H3,(H,24,27). The van der Waals surface area contributed by atoms with Crippen molar-refractivity contribution in [2.24, 2.45) is 7.05 Å². The number of hydrogen-bond donors (Lipinski definition) is 1. The molecule has 1 amide bonds. The number of aryl methyl sites for hydroxylation is 2. The van der Waals surface area contributed by atoms with Crippen LogP contribution >= 0.6 is 11.6 Å². The Hall–Kier alpha value is -3.31. The molecule has 0 unspecified atom stereocenters. The lowest BCUT2D eigenvalue weighted by Gasteiger charge is -2.11. The molecular formula is C19H19ClN6O2. The van der Waals surface area contributed by atoms with Gasteiger partial charge in [-0.3, -0.25) is 9.48 Å². The predicted octanol–water partition coefficient (Wildman–Crippen LogP) is 3.02. The number of hydrogen-bond acceptors (Lipinski definition) is 5. The van der Waals surface area contributed by atoms with Crippen molar-refractivity contribution in [3.63, 3.8) is 0 Å². The first-order chi connectivity index (χ1) is 13.4. The summed E-state index contributed by atoms with van der Waals surface area (Å²) < 4.78 is 8.39. The average molecular weight is 399 g/mol. The van der Waals surface area contributed by atoms with E-state index in [0.29, 0.717) is 28.7 Å². The van der Waals surface area contributed by atoms with Crippen molar-refractivity contribution in [3.8, 4) is 17.5 Å². The maximum atomic E-state index is 12.5. The number of aromatic nitrogens is 4. The van der Waals surface area contributed by atoms with Gasteiger partial charge in [-0.1, -0.05) is 11.6 Å². The van der Waals surface area contributed by atoms with Crippen molar-refractivity contribution in [2.75, 3.05) is 12.4 Å². The van der Waals surface area contributed by atoms with Crippen LogP contribution in [0, 0.1) is 18.3 Å². The molecule has 144 valence electrons. The monoisotopic (exact) mass is 398 g/mol. The zero-order valence-corrected chi connectivity index (χ0v) is 16.5. The molecule has 2 heterocycles. The summed E-state index contributed by atoms with van der Waals surface area (Å²) >= 11 is 6.19. The number of methoxy groups -OCH3 is 1. The van der Waals surface area contributed by atoms with Crippen LogP contribution < -0.4 is 10.1 Å². The SMILES string of the molecule is COc1ccc(-n2ncc(C#N)c2NC(=O)CCc2cnn(C)c2C)cc1Cl. The quantitative estimate of drug-likeness (QED) is 0.688. The molecule has 0 bridgehead atoms. The molecule has 0 aliphatic heterocycles. The molecule has 9 heteroatoms. The second-order valence-electron chi connectivity index (χ2n) is 6.18. The van der Waals surface area contributed by atoms with Gasteiger partial charge in [-0.15, -0.1) is 0 Å². The van der Waals surface area contributed by atoms with Gasteiger partial charge in [-0.05, 0) is 37.1 Å². The maximum Gasteiger partial charge on any atom is 0.225 e. The highest BCUT2D eigenvalue weighted by Gasteiger charge is 2.16. The second kappa shape index (κ2) is 8.15. The molecule has 28 heavy (non-hydrogen) atoms. The van der Waals surface area contributed by atoms with Crippen molar-refractivity contribution >= 4 is 23.3 Å². The number of amides is 1. The highest BCUT2D eigenvalue weighted by Crippen LogP contribution is 2.28. The number of anilines is 1. The Balaban J connectivity index is 1.80. The third-order valence-electron chi connectivity index (χ3n) is 4.49. The van der Waals surface area contributed by atoms with Crippen LogP contribution in [0.15, 0.2) is 30.6 Å². The normalized spacial score (nSPS) is 10.5. The second-order valence-corrected chi connectivity index (χ2v) is 6.58. The molecule has 0 spiro atoms. The minimum absolute atomic E-state index is 0.221. The fourth-order valence-electron chi connectivity index (χ4n) is 2.77. The Labute approximate surface area is 167 Å². The summed E-state index contributed by atoms with van der Waals surface area (Å²) in [6.07, 6.45) is 3.97. The summed E-state index contributed by atoms with van der Waals surface area (Å²) in [6.45, 7) is 1.95. The van der Waals surface area contributed by atoms with Gasteiger partial charge in [0.1, 0.15) is 17.4 Å². The molecule has 2 aromatic heterocycles. The summed E-state index contributed by atoms with van der Waals surface area (Å²) in [5.74, 6) is 0.605. The van der Waals surface area contributed by atoms with E-state index in [-0.39, 0.29) is 17.9 Å². The van der Waals surface area contributed by atoms with Crippen molar-refractivity contribution in [1.29, 1.82) is 5.26 Å². The van der Waals surface area contributed by atoms with Gasteiger partial charge in [0.2, 0.25) is 5.91 Å². The third-order valence-corrected chi connectivity index (χ3v) is 4.78. The number of halogens is 1. The molecule has 3 rings (SSSR count). The lowest BCUT2D eigenvalue weighted by molar-refractivity contribution is -0.116. The molecule has 0 fully saturated rings. The zero-order chi connectivity index (χ0) is 20.3. The Morgan fingerprint density at radius 1 is 1.36 bits per heavy atom. The van der Waals surface area contributed by atoms with Gasteiger partial charge in [-0.2, -0.15) is 15.5 Å². The molecule has 1 N–H and O–H groups in total. The number of nitriles is 1. The number of benzene rings is 1. The summed E-state index contributed by atoms with van der Waals surface area (Å²) in [5.41, 5.74) is 2.89. The van der Waals surface area contributed by atoms with Gasteiger partial charge in [0.05, 0.1) is 30.2 Å². The van der Waals surface area contributed by atoms with Gasteiger partial charge in [0.15, 0.2) is 5.82 Å². The minimum Gasteiger partial charge on any atom is -0.495 e. The lowest BCUT2D eigenvalue weighted by Crippen LogP contribution is -2.16. The number of nitrogens with one attached hydrogen (secondary N) is 1. The number of rotatable bonds is 6. The first kappa shape index (κ1) is 19.5. The molecule has 0 radical (unpaired) electrons. The van der Waals surface area contributed by atoms with Crippen LogP contribution in [0.5, 0.6) is 5.75 Å². The number of nitrogens with zero attached hydrogens (tertiary/aromatic N) is 5. The van der Waals surface area contributed by atoms with Crippen LogP contribution in [0.4, 0.5) is 5.82 Å². The van der Waals surface area contributed by atoms with Crippen molar-refractivity contribution < 1.29 is 9.53 Å². The third kappa shape index (κ3) is 3.85. The predicted molar refractivity (Wildman–Crippen MR) is 105 cm³/mol. The van der Waals surface area contributed by atoms with Crippen molar-refractivity contribution in [3.05, 3.63) is 52.4 Å². The van der Waals surface area contributed by atoms with E-state index in [0.717, 1.165) is 11.3 Å². The van der Waals surface area contributed by atoms with Crippen LogP contribution in [-0.4, -0.2) is 32.6 Å². The Morgan fingerprint density at radius 3 is 2.75 bits per heavy atom. The van der Waals surface area contributed by atoms with Crippen molar-refractivity contribution in [2.45, 2.75) is 19.8 Å². The Kier molecular flexibility index (Phi) is 5.66. The molecular weight excluding hydrogens is 380 g/mol. The van der Waals surface area contributed by atoms with Gasteiger partial charge >= 0.3 is 0 Å². The molecule has 1 aromatic carbocycles. The average Bonchev–Trinajstić information content (AvgIpc) is 3.23. The van der Waals surface area contributed by atoms with E-state index in [9.17, 15) is 10.1 Å². The molecule has 0 aliphatic rings. The van der Waals surface area contributed by atoms with E-state index in [1.807, 2.05) is 20.0 Å². The summed E-state index contributed by atoms with van der Waals surface area (Å²) in [6, 6.07) is 7.14. The maximum absolute atomic E-state index is 12.5. The fourth-order valence-corrected chi connectivity index (χ4v) is 3.02. The summed E-state index contributed by atoms with van der Waals surface area (Å²) in [5, 5.41) is 20.9. The fraction of sp³-hybridized carbons (Fsp3) is 0.263. The van der Waals surface area contributed by atoms with E-state index in [2.05, 4.69) is 15.5 Å². The van der Waals surface area contributed by atoms with Gasteiger partial charge in [0.25, 0.3) is 0 Å². The van der Waals surface area contributed by atoms with E-state index >= 15 is 0 Å². The highest BCUT2D eigenvalue weighted by atomic mass is 35.5. The summed E-state index contributed by atoms with van der Waals surface area (Å²) in [7, 11) is 3.38. The van der Waals surface area contributed by atoms with Crippen LogP contribution in [0.1, 0.15) is 23.2 Å². The molecule has 3 aromatic rings. The molecule has 0 atom stereocenters. The van der Waals surface area contributed by atoms with E-state index in [1.165, 1.54) is 18.0 Å². The van der Waals surface area contributed by atoms with Crippen LogP contribution in [0.3, 0.4) is 0 Å². The molecule has 0 aliphatic carbocycles. The number of ether oxygens (including phenoxy) is 1. The lowest BCUT2D eigenvalue weighted by atomic mass is 10.1. The number of carbonyl (C=O) groups is 1. The Morgan fingerprint density at radius 2 is 2.14 bits per heavy atom. The van der Waals surface area contributed by atoms with Crippen LogP contribution in [0.25, 0.3) is 5.69 Å². The van der Waals surface area contributed by atoms with Crippen molar-refractivity contribution in [1.82, 2.24) is 19.6 Å². The molecule has 0 saturated carbocycles. The van der Waals surface area contributed by atoms with E-state index in [1.54, 1.807) is 29.1 Å². The van der Waals surface area contributed by atoms with Gasteiger partial charge in [0, 0.05) is 19.2 Å². The highest BCUT2D eigenvalue weighted by molar-refractivity contribution is 6.32. The van der Waals surface area contributed by atoms with Gasteiger partial charge in [-0.25, -0.2) is 4.68 Å². The summed E-state index contributed by atoms with van der Waals surface area (Å²) in [4.78, 5) is 12.5. The van der Waals surface area contributed by atoms with Crippen LogP contribution in [-0.2, 0) is 18.3 Å². The molecule has 8 nitrogen and oxygen atoms in total. The smallest absolute Gasteiger partial charge is 0.225 e. The zero-order valence-electron chi connectivity index (χ0n) is 15.7. The van der Waals surface area contributed by atoms with Crippen LogP contribution in [0.2, 0.25) is 5.02 Å². The number of carbonyl (C=O) groups excluding carboxylic acids is 1. The first-order valence-electron chi connectivity index (χ1n) is 8.54. The van der Waals surface area contributed by atoms with Gasteiger partial charge < -0.3 is 10.1 Å². The van der Waals surface area contributed by atoms with E-state index in [4.69, 9.17) is 16.3 Å². The minimum atomic E-state index is -0.221. The largest absolute Gasteiger partial charge is 0.495 e.